The Morgan fingerprint density at radius 1 is 1.21 bits per heavy atom. The zero-order chi connectivity index (χ0) is 29.7. The maximum absolute atomic E-state index is 13.0. The molecule has 43 heavy (non-hydrogen) atoms. The number of rotatable bonds is 8. The highest BCUT2D eigenvalue weighted by molar-refractivity contribution is 7.17. The average Bonchev–Trinajstić information content (AvgIpc) is 3.64. The molecule has 2 atom stereocenters. The van der Waals surface area contributed by atoms with Gasteiger partial charge in [0.05, 0.1) is 24.2 Å². The van der Waals surface area contributed by atoms with Gasteiger partial charge in [0.15, 0.2) is 0 Å². The molecule has 0 radical (unpaired) electrons. The molecule has 0 saturated heterocycles. The number of hydrogen-bond donors (Lipinski definition) is 1. The first-order valence-corrected chi connectivity index (χ1v) is 15.8. The van der Waals surface area contributed by atoms with Crippen LogP contribution in [-0.2, 0) is 29.7 Å². The van der Waals surface area contributed by atoms with E-state index in [-0.39, 0.29) is 30.0 Å². The summed E-state index contributed by atoms with van der Waals surface area (Å²) in [5.41, 5.74) is 6.83. The first-order chi connectivity index (χ1) is 20.9. The number of thiophene rings is 1. The van der Waals surface area contributed by atoms with Gasteiger partial charge in [0.1, 0.15) is 17.4 Å². The lowest BCUT2D eigenvalue weighted by molar-refractivity contribution is -0.143. The number of esters is 1. The van der Waals surface area contributed by atoms with E-state index in [9.17, 15) is 9.59 Å². The van der Waals surface area contributed by atoms with E-state index in [1.807, 2.05) is 20.0 Å². The van der Waals surface area contributed by atoms with Gasteiger partial charge >= 0.3 is 5.97 Å². The average molecular weight is 598 g/mol. The van der Waals surface area contributed by atoms with Gasteiger partial charge in [0.2, 0.25) is 5.56 Å². The van der Waals surface area contributed by atoms with E-state index in [1.165, 1.54) is 23.1 Å². The third kappa shape index (κ3) is 5.45. The second-order valence-corrected chi connectivity index (χ2v) is 12.7. The number of pyridine rings is 1. The van der Waals surface area contributed by atoms with Crippen molar-refractivity contribution in [1.29, 1.82) is 0 Å². The van der Waals surface area contributed by atoms with Crippen molar-refractivity contribution in [1.82, 2.24) is 24.9 Å². The molecule has 1 aliphatic carbocycles. The zero-order valence-electron chi connectivity index (χ0n) is 24.6. The molecule has 0 unspecified atom stereocenters. The monoisotopic (exact) mass is 597 g/mol. The van der Waals surface area contributed by atoms with Crippen molar-refractivity contribution in [3.8, 4) is 5.75 Å². The van der Waals surface area contributed by atoms with Gasteiger partial charge in [-0.2, -0.15) is 0 Å². The predicted octanol–water partition coefficient (Wildman–Crippen LogP) is 5.44. The molecule has 7 rings (SSSR count). The summed E-state index contributed by atoms with van der Waals surface area (Å²) in [7, 11) is 1.89. The topological polar surface area (TPSA) is 102 Å². The molecule has 1 aliphatic heterocycles. The van der Waals surface area contributed by atoms with Crippen molar-refractivity contribution in [2.75, 3.05) is 13.2 Å². The van der Waals surface area contributed by atoms with Crippen LogP contribution in [0.4, 0.5) is 0 Å². The number of carbonyl (C=O) groups excluding carboxylic acids is 1. The first-order valence-electron chi connectivity index (χ1n) is 14.9. The number of ether oxygens (including phenoxy) is 2. The van der Waals surface area contributed by atoms with Crippen molar-refractivity contribution in [2.24, 2.45) is 13.0 Å². The number of nitrogens with zero attached hydrogens (tertiary/aromatic N) is 4. The van der Waals surface area contributed by atoms with Crippen LogP contribution in [0, 0.1) is 12.8 Å². The minimum Gasteiger partial charge on any atom is -0.487 e. The van der Waals surface area contributed by atoms with Gasteiger partial charge in [0.25, 0.3) is 0 Å². The highest BCUT2D eigenvalue weighted by Gasteiger charge is 2.36. The summed E-state index contributed by atoms with van der Waals surface area (Å²) >= 11 is 1.73. The summed E-state index contributed by atoms with van der Waals surface area (Å²) in [5, 5.41) is 11.9. The molecule has 4 heterocycles. The summed E-state index contributed by atoms with van der Waals surface area (Å²) in [4.78, 5) is 30.6. The largest absolute Gasteiger partial charge is 0.487 e. The van der Waals surface area contributed by atoms with Gasteiger partial charge < -0.3 is 14.5 Å². The molecule has 5 aromatic rings. The van der Waals surface area contributed by atoms with Crippen LogP contribution in [0.25, 0.3) is 21.1 Å². The molecule has 1 saturated carbocycles. The van der Waals surface area contributed by atoms with E-state index in [0.717, 1.165) is 51.1 Å². The van der Waals surface area contributed by atoms with Gasteiger partial charge in [-0.1, -0.05) is 17.3 Å². The van der Waals surface area contributed by atoms with E-state index in [0.29, 0.717) is 25.6 Å². The number of carbonyl (C=O) groups is 1. The van der Waals surface area contributed by atoms with Crippen LogP contribution >= 0.6 is 11.3 Å². The van der Waals surface area contributed by atoms with Crippen LogP contribution in [0.1, 0.15) is 60.1 Å². The molecule has 0 amide bonds. The van der Waals surface area contributed by atoms with E-state index < -0.39 is 0 Å². The fraction of sp³-hybridized carbons (Fsp3) is 0.394. The predicted molar refractivity (Wildman–Crippen MR) is 166 cm³/mol. The minimum atomic E-state index is -0.226. The number of aromatic amines is 1. The second kappa shape index (κ2) is 11.2. The lowest BCUT2D eigenvalue weighted by atomic mass is 9.84. The summed E-state index contributed by atoms with van der Waals surface area (Å²) in [6, 6.07) is 14.1. The van der Waals surface area contributed by atoms with Crippen molar-refractivity contribution in [3.05, 3.63) is 86.1 Å². The Hall–Kier alpha value is -4.02. The smallest absolute Gasteiger partial charge is 0.306 e. The highest BCUT2D eigenvalue weighted by Crippen LogP contribution is 2.40. The van der Waals surface area contributed by atoms with Crippen LogP contribution < -0.4 is 10.3 Å². The number of nitrogens with one attached hydrogen (secondary N) is 1. The number of aryl methyl sites for hydroxylation is 2. The molecule has 0 spiro atoms. The Morgan fingerprint density at radius 2 is 2.07 bits per heavy atom. The third-order valence-corrected chi connectivity index (χ3v) is 9.79. The number of hydrogen-bond acceptors (Lipinski definition) is 8. The second-order valence-electron chi connectivity index (χ2n) is 11.8. The molecule has 0 bridgehead atoms. The molecule has 222 valence electrons. The first kappa shape index (κ1) is 27.8. The maximum atomic E-state index is 13.0. The van der Waals surface area contributed by atoms with Gasteiger partial charge in [-0.3, -0.25) is 14.5 Å². The lowest BCUT2D eigenvalue weighted by Gasteiger charge is -2.25. The minimum absolute atomic E-state index is 0.0899. The van der Waals surface area contributed by atoms with Crippen LogP contribution in [0.15, 0.2) is 52.6 Å². The fourth-order valence-electron chi connectivity index (χ4n) is 6.47. The zero-order valence-corrected chi connectivity index (χ0v) is 25.4. The molecule has 2 aliphatic rings. The van der Waals surface area contributed by atoms with E-state index >= 15 is 0 Å². The maximum Gasteiger partial charge on any atom is 0.306 e. The number of aromatic nitrogens is 4. The van der Waals surface area contributed by atoms with Crippen molar-refractivity contribution < 1.29 is 14.3 Å². The third-order valence-electron chi connectivity index (χ3n) is 8.78. The molecular formula is C33H35N5O4S. The Kier molecular flexibility index (Phi) is 7.26. The van der Waals surface area contributed by atoms with Crippen LogP contribution in [-0.4, -0.2) is 50.1 Å². The van der Waals surface area contributed by atoms with Crippen molar-refractivity contribution in [2.45, 2.75) is 58.2 Å². The van der Waals surface area contributed by atoms with Gasteiger partial charge in [-0.15, -0.1) is 16.4 Å². The summed E-state index contributed by atoms with van der Waals surface area (Å²) in [6.07, 6.45) is 2.66. The van der Waals surface area contributed by atoms with E-state index in [2.05, 4.69) is 56.8 Å². The molecule has 9 nitrogen and oxygen atoms in total. The number of benzene rings is 2. The van der Waals surface area contributed by atoms with Crippen LogP contribution in [0.3, 0.4) is 0 Å². The number of fused-ring (bicyclic) bond motifs is 3. The van der Waals surface area contributed by atoms with E-state index in [1.54, 1.807) is 28.2 Å². The Labute approximate surface area is 253 Å². The van der Waals surface area contributed by atoms with Crippen LogP contribution in [0.5, 0.6) is 5.75 Å². The molecule has 2 aromatic carbocycles. The SMILES string of the molecule is CCOC(=O)C[C@H](c1cc(CN2Cc3[nH]c(=O)ccc3O[C@H](C3CC3)C2)c2sccc2c1)c1ccc2c(nnn2C)c1C. The Balaban J connectivity index is 1.29. The summed E-state index contributed by atoms with van der Waals surface area (Å²) < 4.78 is 14.9. The van der Waals surface area contributed by atoms with Crippen LogP contribution in [0.2, 0.25) is 0 Å². The molecule has 10 heteroatoms. The highest BCUT2D eigenvalue weighted by atomic mass is 32.1. The van der Waals surface area contributed by atoms with Crippen molar-refractivity contribution >= 4 is 38.4 Å². The summed E-state index contributed by atoms with van der Waals surface area (Å²) in [6.45, 7) is 6.31. The molecular weight excluding hydrogens is 562 g/mol. The standard InChI is InChI=1S/C33H35N5O4S/c1-4-41-31(40)15-25(24-7-8-27-32(19(24)2)35-36-37(27)3)22-13-21-11-12-43-33(21)23(14-22)16-38-17-26-28(9-10-30(39)34-26)42-29(18-38)20-5-6-20/h7-14,20,25,29H,4-6,15-18H2,1-3H3,(H,34,39)/t25-,29+/m1/s1. The lowest BCUT2D eigenvalue weighted by Crippen LogP contribution is -2.34. The molecule has 3 aromatic heterocycles. The van der Waals surface area contributed by atoms with Gasteiger partial charge in [0, 0.05) is 43.4 Å². The molecule has 1 fully saturated rings. The quantitative estimate of drug-likeness (QED) is 0.238. The molecule has 1 N–H and O–H groups in total. The fourth-order valence-corrected chi connectivity index (χ4v) is 7.36. The van der Waals surface area contributed by atoms with Gasteiger partial charge in [-0.05, 0) is 89.9 Å². The summed E-state index contributed by atoms with van der Waals surface area (Å²) in [5.74, 6) is 0.882. The van der Waals surface area contributed by atoms with E-state index in [4.69, 9.17) is 9.47 Å². The van der Waals surface area contributed by atoms with Gasteiger partial charge in [-0.25, -0.2) is 4.68 Å². The Morgan fingerprint density at radius 3 is 2.88 bits per heavy atom. The Bertz CT molecular complexity index is 1890. The number of H-pyrrole nitrogens is 1. The normalized spacial score (nSPS) is 17.9. The van der Waals surface area contributed by atoms with Crippen molar-refractivity contribution in [3.63, 3.8) is 0 Å².